The molecule has 1 heterocycles. The molecule has 0 spiro atoms. The predicted molar refractivity (Wildman–Crippen MR) is 68.4 cm³/mol. The average Bonchev–Trinajstić information content (AvgIpc) is 2.96. The monoisotopic (exact) mass is 297 g/mol. The Balaban J connectivity index is 2.89. The molecule has 1 aliphatic heterocycles. The number of hydrogen-bond acceptors (Lipinski definition) is 7. The number of nitrogens with zero attached hydrogens (tertiary/aromatic N) is 1. The van der Waals surface area contributed by atoms with Gasteiger partial charge in [-0.05, 0) is 25.9 Å². The minimum absolute atomic E-state index is 0.884. The summed E-state index contributed by atoms with van der Waals surface area (Å²) in [6.45, 7) is 1.77. The topological polar surface area (TPSA) is 58.6 Å². The molecule has 0 unspecified atom stereocenters. The number of rotatable bonds is 8. The van der Waals surface area contributed by atoms with E-state index in [0.717, 1.165) is 25.9 Å². The van der Waals surface area contributed by atoms with Crippen LogP contribution in [0.1, 0.15) is 12.8 Å². The maximum atomic E-state index is 5.95. The van der Waals surface area contributed by atoms with E-state index in [2.05, 4.69) is 4.57 Å². The van der Waals surface area contributed by atoms with Crippen molar-refractivity contribution in [2.75, 3.05) is 48.6 Å². The second-order valence-corrected chi connectivity index (χ2v) is 9.38. The zero-order chi connectivity index (χ0) is 13.6. The van der Waals surface area contributed by atoms with Gasteiger partial charge in [0.05, 0.1) is 0 Å². The molecule has 1 fully saturated rings. The third-order valence-electron chi connectivity index (χ3n) is 3.01. The first-order valence-corrected chi connectivity index (χ1v) is 9.13. The average molecular weight is 297 g/mol. The maximum Gasteiger partial charge on any atom is 0.672 e. The van der Waals surface area contributed by atoms with Gasteiger partial charge in [-0.25, -0.2) is 0 Å². The van der Waals surface area contributed by atoms with Crippen LogP contribution in [-0.2, 0) is 26.2 Å². The van der Waals surface area contributed by atoms with Crippen LogP contribution in [0, 0.1) is 0 Å². The molecule has 0 aliphatic carbocycles. The van der Waals surface area contributed by atoms with E-state index < -0.39 is 18.0 Å². The lowest BCUT2D eigenvalue weighted by molar-refractivity contribution is -0.00504. The molecule has 18 heavy (non-hydrogen) atoms. The SMILES string of the molecule is CO[Si](OC)(OC)O[Si](OC)(OC)N1CCCC1. The summed E-state index contributed by atoms with van der Waals surface area (Å²) >= 11 is 0. The van der Waals surface area contributed by atoms with Crippen molar-refractivity contribution in [1.82, 2.24) is 4.57 Å². The van der Waals surface area contributed by atoms with Crippen LogP contribution < -0.4 is 0 Å². The minimum atomic E-state index is -3.19. The van der Waals surface area contributed by atoms with Gasteiger partial charge >= 0.3 is 18.0 Å². The highest BCUT2D eigenvalue weighted by atomic mass is 28.5. The summed E-state index contributed by atoms with van der Waals surface area (Å²) in [7, 11) is 1.46. The largest absolute Gasteiger partial charge is 0.672 e. The van der Waals surface area contributed by atoms with Gasteiger partial charge in [0, 0.05) is 35.5 Å². The van der Waals surface area contributed by atoms with E-state index in [4.69, 9.17) is 26.2 Å². The predicted octanol–water partition coefficient (Wildman–Crippen LogP) is 0.202. The molecule has 1 saturated heterocycles. The van der Waals surface area contributed by atoms with Crippen LogP contribution in [-0.4, -0.2) is 71.2 Å². The van der Waals surface area contributed by atoms with Gasteiger partial charge < -0.3 is 26.2 Å². The zero-order valence-corrected chi connectivity index (χ0v) is 13.7. The van der Waals surface area contributed by atoms with Crippen molar-refractivity contribution in [2.45, 2.75) is 12.8 Å². The summed E-state index contributed by atoms with van der Waals surface area (Å²) in [4.78, 5) is 0. The Labute approximate surface area is 111 Å². The highest BCUT2D eigenvalue weighted by Crippen LogP contribution is 2.25. The van der Waals surface area contributed by atoms with Crippen molar-refractivity contribution in [3.8, 4) is 0 Å². The molecule has 1 rings (SSSR count). The molecule has 1 aliphatic rings. The molecular formula is C9H23NO6Si2. The van der Waals surface area contributed by atoms with Gasteiger partial charge in [-0.15, -0.1) is 0 Å². The fourth-order valence-corrected chi connectivity index (χ4v) is 7.51. The molecule has 0 aromatic rings. The lowest BCUT2D eigenvalue weighted by atomic mass is 10.4. The Morgan fingerprint density at radius 2 is 1.17 bits per heavy atom. The van der Waals surface area contributed by atoms with E-state index in [9.17, 15) is 0 Å². The van der Waals surface area contributed by atoms with Gasteiger partial charge in [-0.2, -0.15) is 0 Å². The Kier molecular flexibility index (Phi) is 6.37. The quantitative estimate of drug-likeness (QED) is 0.593. The molecular weight excluding hydrogens is 274 g/mol. The van der Waals surface area contributed by atoms with Crippen molar-refractivity contribution < 1.29 is 26.2 Å². The molecule has 0 atom stereocenters. The molecule has 9 heteroatoms. The molecule has 0 bridgehead atoms. The van der Waals surface area contributed by atoms with Crippen LogP contribution in [0.5, 0.6) is 0 Å². The van der Waals surface area contributed by atoms with Gasteiger partial charge in [-0.3, -0.25) is 4.57 Å². The smallest absolute Gasteiger partial charge is 0.365 e. The van der Waals surface area contributed by atoms with Gasteiger partial charge in [0.1, 0.15) is 0 Å². The van der Waals surface area contributed by atoms with E-state index in [-0.39, 0.29) is 0 Å². The minimum Gasteiger partial charge on any atom is -0.365 e. The van der Waals surface area contributed by atoms with Crippen LogP contribution in [0.4, 0.5) is 0 Å². The summed E-state index contributed by atoms with van der Waals surface area (Å²) in [5.74, 6) is 0. The van der Waals surface area contributed by atoms with Gasteiger partial charge in [0.25, 0.3) is 0 Å². The van der Waals surface area contributed by atoms with Crippen molar-refractivity contribution >= 4 is 18.0 Å². The Morgan fingerprint density at radius 1 is 0.722 bits per heavy atom. The molecule has 7 nitrogen and oxygen atoms in total. The van der Waals surface area contributed by atoms with Crippen molar-refractivity contribution in [2.24, 2.45) is 0 Å². The van der Waals surface area contributed by atoms with Crippen molar-refractivity contribution in [3.05, 3.63) is 0 Å². The van der Waals surface area contributed by atoms with E-state index >= 15 is 0 Å². The molecule has 108 valence electrons. The lowest BCUT2D eigenvalue weighted by Crippen LogP contribution is -2.66. The third kappa shape index (κ3) is 3.18. The van der Waals surface area contributed by atoms with E-state index in [1.54, 1.807) is 14.2 Å². The van der Waals surface area contributed by atoms with E-state index in [1.165, 1.54) is 21.3 Å². The molecule has 0 aromatic heterocycles. The fourth-order valence-electron chi connectivity index (χ4n) is 2.01. The van der Waals surface area contributed by atoms with Gasteiger partial charge in [0.2, 0.25) is 0 Å². The molecule has 0 radical (unpaired) electrons. The molecule has 0 amide bonds. The first-order valence-electron chi connectivity index (χ1n) is 5.83. The van der Waals surface area contributed by atoms with Crippen LogP contribution >= 0.6 is 0 Å². The molecule has 0 N–H and O–H groups in total. The van der Waals surface area contributed by atoms with Crippen LogP contribution in [0.2, 0.25) is 0 Å². The second kappa shape index (κ2) is 7.07. The number of hydrogen-bond donors (Lipinski definition) is 0. The standard InChI is InChI=1S/C9H23NO6Si2/c1-11-17(12-2,10-8-6-7-9-10)16-18(13-3,14-4)15-5/h6-9H2,1-5H3. The normalized spacial score (nSPS) is 18.5. The van der Waals surface area contributed by atoms with Gasteiger partial charge in [-0.1, -0.05) is 0 Å². The summed E-state index contributed by atoms with van der Waals surface area (Å²) in [6, 6.07) is 0. The molecule has 0 aromatic carbocycles. The van der Waals surface area contributed by atoms with Crippen LogP contribution in [0.25, 0.3) is 0 Å². The Morgan fingerprint density at radius 3 is 1.50 bits per heavy atom. The third-order valence-corrected chi connectivity index (χ3v) is 8.80. The summed E-state index contributed by atoms with van der Waals surface area (Å²) < 4.78 is 35.0. The summed E-state index contributed by atoms with van der Waals surface area (Å²) in [5.41, 5.74) is 0. The lowest BCUT2D eigenvalue weighted by Gasteiger charge is -2.37. The highest BCUT2D eigenvalue weighted by Gasteiger charge is 2.59. The van der Waals surface area contributed by atoms with E-state index in [0.29, 0.717) is 0 Å². The highest BCUT2D eigenvalue weighted by molar-refractivity contribution is 6.70. The van der Waals surface area contributed by atoms with Crippen LogP contribution in [0.3, 0.4) is 0 Å². The Hall–Kier alpha value is 0.154. The van der Waals surface area contributed by atoms with E-state index in [1.807, 2.05) is 0 Å². The van der Waals surface area contributed by atoms with Crippen molar-refractivity contribution in [3.63, 3.8) is 0 Å². The Bertz CT molecular complexity index is 235. The first kappa shape index (κ1) is 16.2. The fraction of sp³-hybridized carbons (Fsp3) is 1.00. The van der Waals surface area contributed by atoms with Crippen LogP contribution in [0.15, 0.2) is 0 Å². The van der Waals surface area contributed by atoms with Gasteiger partial charge in [0.15, 0.2) is 0 Å². The molecule has 0 saturated carbocycles. The zero-order valence-electron chi connectivity index (χ0n) is 11.7. The summed E-state index contributed by atoms with van der Waals surface area (Å²) in [6.07, 6.45) is 2.21. The first-order chi connectivity index (χ1) is 8.62. The second-order valence-electron chi connectivity index (χ2n) is 3.84. The summed E-state index contributed by atoms with van der Waals surface area (Å²) in [5, 5.41) is 0. The maximum absolute atomic E-state index is 5.95. The van der Waals surface area contributed by atoms with Crippen molar-refractivity contribution in [1.29, 1.82) is 0 Å².